The summed E-state index contributed by atoms with van der Waals surface area (Å²) >= 11 is 0. The number of rotatable bonds is 6. The van der Waals surface area contributed by atoms with Crippen LogP contribution in [-0.4, -0.2) is 36.0 Å². The van der Waals surface area contributed by atoms with Gasteiger partial charge in [-0.2, -0.15) is 0 Å². The fourth-order valence-corrected chi connectivity index (χ4v) is 2.56. The minimum Gasteiger partial charge on any atom is -0.452 e. The molecule has 0 atom stereocenters. The lowest BCUT2D eigenvalue weighted by atomic mass is 10.1. The van der Waals surface area contributed by atoms with E-state index < -0.39 is 24.5 Å². The average Bonchev–Trinajstić information content (AvgIpc) is 3.23. The summed E-state index contributed by atoms with van der Waals surface area (Å²) < 4.78 is 10.8. The summed E-state index contributed by atoms with van der Waals surface area (Å²) in [6, 6.07) is 15.4. The van der Waals surface area contributed by atoms with E-state index in [4.69, 9.17) is 9.15 Å². The summed E-state index contributed by atoms with van der Waals surface area (Å²) in [5.41, 5.74) is 1.48. The average molecular weight is 393 g/mol. The van der Waals surface area contributed by atoms with Crippen molar-refractivity contribution in [1.82, 2.24) is 15.6 Å². The third-order valence-corrected chi connectivity index (χ3v) is 3.87. The fourth-order valence-electron chi connectivity index (χ4n) is 2.56. The Bertz CT molecular complexity index is 1010. The number of urea groups is 1. The van der Waals surface area contributed by atoms with Crippen LogP contribution >= 0.6 is 0 Å². The summed E-state index contributed by atoms with van der Waals surface area (Å²) in [5.74, 6) is -0.649. The molecule has 8 nitrogen and oxygen atoms in total. The first-order chi connectivity index (χ1) is 14.1. The second-order valence-corrected chi connectivity index (χ2v) is 5.93. The van der Waals surface area contributed by atoms with Crippen molar-refractivity contribution < 1.29 is 23.5 Å². The highest BCUT2D eigenvalue weighted by Crippen LogP contribution is 2.28. The normalized spacial score (nSPS) is 10.2. The molecule has 0 spiro atoms. The Morgan fingerprint density at radius 3 is 2.52 bits per heavy atom. The van der Waals surface area contributed by atoms with Gasteiger partial charge in [0.15, 0.2) is 12.4 Å². The van der Waals surface area contributed by atoms with Gasteiger partial charge in [-0.1, -0.05) is 42.5 Å². The van der Waals surface area contributed by atoms with Crippen LogP contribution in [0, 0.1) is 0 Å². The molecule has 0 radical (unpaired) electrons. The lowest BCUT2D eigenvalue weighted by Crippen LogP contribution is -2.41. The summed E-state index contributed by atoms with van der Waals surface area (Å²) in [7, 11) is 0. The van der Waals surface area contributed by atoms with Gasteiger partial charge in [0.05, 0.1) is 17.3 Å². The van der Waals surface area contributed by atoms with Crippen LogP contribution in [0.15, 0.2) is 65.2 Å². The molecule has 148 valence electrons. The summed E-state index contributed by atoms with van der Waals surface area (Å²) in [6.45, 7) is 1.49. The van der Waals surface area contributed by atoms with Gasteiger partial charge in [-0.3, -0.25) is 10.1 Å². The monoisotopic (exact) mass is 393 g/mol. The molecular weight excluding hydrogens is 374 g/mol. The molecule has 0 fully saturated rings. The quantitative estimate of drug-likeness (QED) is 0.623. The number of hydrogen-bond acceptors (Lipinski definition) is 6. The van der Waals surface area contributed by atoms with Crippen molar-refractivity contribution in [3.05, 3.63) is 66.4 Å². The maximum Gasteiger partial charge on any atom is 0.339 e. The van der Waals surface area contributed by atoms with Gasteiger partial charge in [0.1, 0.15) is 0 Å². The number of benzene rings is 2. The van der Waals surface area contributed by atoms with Crippen LogP contribution in [0.4, 0.5) is 4.79 Å². The molecule has 3 amide bonds. The number of ether oxygens (including phenoxy) is 1. The Kier molecular flexibility index (Phi) is 6.36. The molecule has 3 aromatic rings. The molecule has 0 bridgehead atoms. The Morgan fingerprint density at radius 1 is 1.03 bits per heavy atom. The van der Waals surface area contributed by atoms with Crippen molar-refractivity contribution in [3.63, 3.8) is 0 Å². The molecule has 0 aliphatic heterocycles. The van der Waals surface area contributed by atoms with Crippen LogP contribution in [0.25, 0.3) is 22.8 Å². The first-order valence-electron chi connectivity index (χ1n) is 8.94. The minimum atomic E-state index is -0.732. The largest absolute Gasteiger partial charge is 0.452 e. The molecule has 3 rings (SSSR count). The molecule has 2 N–H and O–H groups in total. The number of imide groups is 1. The zero-order valence-corrected chi connectivity index (χ0v) is 15.7. The standard InChI is InChI=1S/C21H19N3O5/c1-2-22-21(27)24-18(25)13-28-20(26)16-11-7-6-10-15(16)19-23-12-17(29-19)14-8-4-3-5-9-14/h3-12H,2,13H2,1H3,(H2,22,24,25,27). The molecule has 2 aromatic carbocycles. The van der Waals surface area contributed by atoms with Crippen LogP contribution in [-0.2, 0) is 9.53 Å². The van der Waals surface area contributed by atoms with Crippen molar-refractivity contribution in [2.45, 2.75) is 6.92 Å². The fraction of sp³-hybridized carbons (Fsp3) is 0.143. The van der Waals surface area contributed by atoms with E-state index in [1.165, 1.54) is 0 Å². The van der Waals surface area contributed by atoms with E-state index in [0.29, 0.717) is 17.9 Å². The lowest BCUT2D eigenvalue weighted by molar-refractivity contribution is -0.123. The molecule has 0 aliphatic rings. The number of nitrogens with zero attached hydrogens (tertiary/aromatic N) is 1. The predicted octanol–water partition coefficient (Wildman–Crippen LogP) is 3.01. The third-order valence-electron chi connectivity index (χ3n) is 3.87. The van der Waals surface area contributed by atoms with Crippen LogP contribution < -0.4 is 10.6 Å². The number of oxazole rings is 1. The molecule has 1 heterocycles. The number of carbonyl (C=O) groups is 3. The topological polar surface area (TPSA) is 111 Å². The Hall–Kier alpha value is -3.94. The van der Waals surface area contributed by atoms with Gasteiger partial charge in [0, 0.05) is 12.1 Å². The van der Waals surface area contributed by atoms with Gasteiger partial charge in [-0.25, -0.2) is 14.6 Å². The predicted molar refractivity (Wildman–Crippen MR) is 105 cm³/mol. The number of nitrogens with one attached hydrogen (secondary N) is 2. The highest BCUT2D eigenvalue weighted by molar-refractivity contribution is 5.99. The van der Waals surface area contributed by atoms with E-state index in [1.54, 1.807) is 37.4 Å². The first kappa shape index (κ1) is 19.8. The van der Waals surface area contributed by atoms with Crippen molar-refractivity contribution in [2.75, 3.05) is 13.2 Å². The molecule has 0 saturated carbocycles. The molecule has 0 unspecified atom stereocenters. The van der Waals surface area contributed by atoms with E-state index in [-0.39, 0.29) is 11.5 Å². The van der Waals surface area contributed by atoms with Gasteiger partial charge >= 0.3 is 12.0 Å². The molecular formula is C21H19N3O5. The molecule has 1 aromatic heterocycles. The number of carbonyl (C=O) groups excluding carboxylic acids is 3. The minimum absolute atomic E-state index is 0.194. The van der Waals surface area contributed by atoms with E-state index >= 15 is 0 Å². The zero-order valence-electron chi connectivity index (χ0n) is 15.7. The van der Waals surface area contributed by atoms with E-state index in [9.17, 15) is 14.4 Å². The zero-order chi connectivity index (χ0) is 20.6. The van der Waals surface area contributed by atoms with Gasteiger partial charge in [0.25, 0.3) is 5.91 Å². The van der Waals surface area contributed by atoms with Crippen molar-refractivity contribution in [3.8, 4) is 22.8 Å². The first-order valence-corrected chi connectivity index (χ1v) is 8.94. The smallest absolute Gasteiger partial charge is 0.339 e. The Balaban J connectivity index is 1.72. The van der Waals surface area contributed by atoms with Crippen molar-refractivity contribution in [2.24, 2.45) is 0 Å². The van der Waals surface area contributed by atoms with Gasteiger partial charge in [-0.05, 0) is 19.1 Å². The SMILES string of the molecule is CCNC(=O)NC(=O)COC(=O)c1ccccc1-c1ncc(-c2ccccc2)o1. The molecule has 0 aliphatic carbocycles. The number of hydrogen-bond donors (Lipinski definition) is 2. The lowest BCUT2D eigenvalue weighted by Gasteiger charge is -2.08. The van der Waals surface area contributed by atoms with E-state index in [2.05, 4.69) is 15.6 Å². The van der Waals surface area contributed by atoms with E-state index in [1.807, 2.05) is 30.3 Å². The highest BCUT2D eigenvalue weighted by Gasteiger charge is 2.19. The van der Waals surface area contributed by atoms with Crippen LogP contribution in [0.5, 0.6) is 0 Å². The molecule has 0 saturated heterocycles. The summed E-state index contributed by atoms with van der Waals surface area (Å²) in [6.07, 6.45) is 1.58. The van der Waals surface area contributed by atoms with E-state index in [0.717, 1.165) is 5.56 Å². The molecule has 8 heteroatoms. The number of aromatic nitrogens is 1. The summed E-state index contributed by atoms with van der Waals surface area (Å²) in [5, 5.41) is 4.47. The Morgan fingerprint density at radius 2 is 1.76 bits per heavy atom. The van der Waals surface area contributed by atoms with Gasteiger partial charge in [0.2, 0.25) is 5.89 Å². The third kappa shape index (κ3) is 5.07. The van der Waals surface area contributed by atoms with Crippen molar-refractivity contribution in [1.29, 1.82) is 0 Å². The van der Waals surface area contributed by atoms with Gasteiger partial charge in [-0.15, -0.1) is 0 Å². The van der Waals surface area contributed by atoms with Crippen molar-refractivity contribution >= 4 is 17.9 Å². The summed E-state index contributed by atoms with van der Waals surface area (Å²) in [4.78, 5) is 39.7. The maximum absolute atomic E-state index is 12.5. The number of amides is 3. The second kappa shape index (κ2) is 9.32. The maximum atomic E-state index is 12.5. The Labute approximate surface area is 166 Å². The molecule has 29 heavy (non-hydrogen) atoms. The second-order valence-electron chi connectivity index (χ2n) is 5.93. The highest BCUT2D eigenvalue weighted by atomic mass is 16.5. The van der Waals surface area contributed by atoms with Crippen LogP contribution in [0.1, 0.15) is 17.3 Å². The van der Waals surface area contributed by atoms with Crippen LogP contribution in [0.3, 0.4) is 0 Å². The van der Waals surface area contributed by atoms with Gasteiger partial charge < -0.3 is 14.5 Å². The van der Waals surface area contributed by atoms with Crippen LogP contribution in [0.2, 0.25) is 0 Å². The number of esters is 1.